The van der Waals surface area contributed by atoms with E-state index in [1.165, 1.54) is 11.8 Å². The quantitative estimate of drug-likeness (QED) is 0.706. The minimum Gasteiger partial charge on any atom is -0.480 e. The smallest absolute Gasteiger partial charge is 0.324 e. The van der Waals surface area contributed by atoms with Crippen molar-refractivity contribution in [2.24, 2.45) is 0 Å². The zero-order valence-corrected chi connectivity index (χ0v) is 15.1. The number of carboxylic acid groups (broad SMARTS) is 1. The molecule has 1 aromatic carbocycles. The summed E-state index contributed by atoms with van der Waals surface area (Å²) in [5.74, 6) is -1.58. The van der Waals surface area contributed by atoms with E-state index in [1.54, 1.807) is 6.07 Å². The molecule has 0 bridgehead atoms. The van der Waals surface area contributed by atoms with Crippen LogP contribution in [0.15, 0.2) is 18.2 Å². The maximum atomic E-state index is 12.3. The van der Waals surface area contributed by atoms with Crippen LogP contribution in [0, 0.1) is 3.57 Å². The van der Waals surface area contributed by atoms with Crippen molar-refractivity contribution >= 4 is 44.3 Å². The molecule has 1 aliphatic heterocycles. The number of amides is 1. The summed E-state index contributed by atoms with van der Waals surface area (Å²) in [7, 11) is -3.79. The first-order valence-electron chi connectivity index (χ1n) is 6.57. The van der Waals surface area contributed by atoms with E-state index >= 15 is 0 Å². The molecule has 1 aromatic rings. The van der Waals surface area contributed by atoms with Crippen LogP contribution in [0.5, 0.6) is 0 Å². The number of sulfone groups is 1. The van der Waals surface area contributed by atoms with E-state index < -0.39 is 20.6 Å². The fourth-order valence-electron chi connectivity index (χ4n) is 2.33. The van der Waals surface area contributed by atoms with Crippen molar-refractivity contribution in [1.29, 1.82) is 0 Å². The normalized spacial score (nSPS) is 17.2. The number of fused-ring (bicyclic) bond motifs is 1. The van der Waals surface area contributed by atoms with Crippen molar-refractivity contribution in [3.8, 4) is 0 Å². The van der Waals surface area contributed by atoms with Gasteiger partial charge in [-0.1, -0.05) is 0 Å². The van der Waals surface area contributed by atoms with Gasteiger partial charge in [-0.2, -0.15) is 0 Å². The second kappa shape index (κ2) is 5.80. The summed E-state index contributed by atoms with van der Waals surface area (Å²) in [6.07, 6.45) is 0.766. The van der Waals surface area contributed by atoms with Crippen molar-refractivity contribution < 1.29 is 23.1 Å². The predicted molar refractivity (Wildman–Crippen MR) is 89.4 cm³/mol. The van der Waals surface area contributed by atoms with Crippen LogP contribution in [0.4, 0.5) is 0 Å². The molecule has 0 spiro atoms. The lowest BCUT2D eigenvalue weighted by molar-refractivity contribution is -0.139. The molecule has 1 atom stereocenters. The fraction of sp³-hybridized carbons (Fsp3) is 0.429. The lowest BCUT2D eigenvalue weighted by Gasteiger charge is -2.25. The highest BCUT2D eigenvalue weighted by Crippen LogP contribution is 2.27. The minimum atomic E-state index is -3.79. The molecule has 120 valence electrons. The summed E-state index contributed by atoms with van der Waals surface area (Å²) in [4.78, 5) is 25.1. The van der Waals surface area contributed by atoms with Crippen LogP contribution in [0.1, 0.15) is 29.3 Å². The number of hydrogen-bond acceptors (Lipinski definition) is 4. The highest BCUT2D eigenvalue weighted by Gasteiger charge is 2.44. The molecule has 8 heteroatoms. The zero-order valence-electron chi connectivity index (χ0n) is 12.2. The fourth-order valence-corrected chi connectivity index (χ4v) is 3.66. The molecule has 0 radical (unpaired) electrons. The Morgan fingerprint density at radius 2 is 2.09 bits per heavy atom. The molecule has 1 unspecified atom stereocenters. The Morgan fingerprint density at radius 3 is 2.64 bits per heavy atom. The van der Waals surface area contributed by atoms with E-state index in [9.17, 15) is 23.1 Å². The Hall–Kier alpha value is -1.16. The summed E-state index contributed by atoms with van der Waals surface area (Å²) in [5.41, 5.74) is 1.48. The standard InChI is InChI=1S/C14H16INO5S/c1-14(13(18)19,22(2,20)21)5-6-16-8-9-7-10(15)3-4-11(9)12(16)17/h3-4,7H,5-6,8H2,1-2H3,(H,18,19). The van der Waals surface area contributed by atoms with Gasteiger partial charge in [-0.3, -0.25) is 9.59 Å². The van der Waals surface area contributed by atoms with Crippen LogP contribution in [0.3, 0.4) is 0 Å². The number of hydrogen-bond donors (Lipinski definition) is 1. The van der Waals surface area contributed by atoms with Crippen LogP contribution < -0.4 is 0 Å². The van der Waals surface area contributed by atoms with Gasteiger partial charge in [0, 0.05) is 28.5 Å². The molecule has 1 N–H and O–H groups in total. The third kappa shape index (κ3) is 2.98. The number of aliphatic carboxylic acids is 1. The summed E-state index contributed by atoms with van der Waals surface area (Å²) in [6, 6.07) is 5.48. The Bertz CT molecular complexity index is 746. The molecule has 0 fully saturated rings. The highest BCUT2D eigenvalue weighted by atomic mass is 127. The average molecular weight is 437 g/mol. The van der Waals surface area contributed by atoms with Gasteiger partial charge in [-0.05, 0) is 59.7 Å². The third-order valence-corrected chi connectivity index (χ3v) is 6.76. The summed E-state index contributed by atoms with van der Waals surface area (Å²) >= 11 is 2.15. The average Bonchev–Trinajstić information content (AvgIpc) is 2.70. The van der Waals surface area contributed by atoms with E-state index in [0.717, 1.165) is 15.4 Å². The molecular formula is C14H16INO5S. The number of nitrogens with zero attached hydrogens (tertiary/aromatic N) is 1. The van der Waals surface area contributed by atoms with Gasteiger partial charge in [0.2, 0.25) is 0 Å². The van der Waals surface area contributed by atoms with Gasteiger partial charge in [0.05, 0.1) is 0 Å². The van der Waals surface area contributed by atoms with Gasteiger partial charge in [-0.25, -0.2) is 8.42 Å². The molecular weight excluding hydrogens is 421 g/mol. The first kappa shape index (κ1) is 17.2. The molecule has 0 saturated heterocycles. The summed E-state index contributed by atoms with van der Waals surface area (Å²) in [6.45, 7) is 1.64. The monoisotopic (exact) mass is 437 g/mol. The van der Waals surface area contributed by atoms with Gasteiger partial charge in [0.15, 0.2) is 14.6 Å². The van der Waals surface area contributed by atoms with Crippen molar-refractivity contribution in [3.63, 3.8) is 0 Å². The van der Waals surface area contributed by atoms with E-state index in [1.807, 2.05) is 12.1 Å². The molecule has 0 aliphatic carbocycles. The van der Waals surface area contributed by atoms with Crippen LogP contribution >= 0.6 is 22.6 Å². The molecule has 1 aliphatic rings. The minimum absolute atomic E-state index is 0.0833. The van der Waals surface area contributed by atoms with Gasteiger partial charge in [0.25, 0.3) is 5.91 Å². The van der Waals surface area contributed by atoms with Gasteiger partial charge in [-0.15, -0.1) is 0 Å². The number of halogens is 1. The summed E-state index contributed by atoms with van der Waals surface area (Å²) < 4.78 is 22.6. The van der Waals surface area contributed by atoms with Crippen LogP contribution in [-0.4, -0.2) is 47.8 Å². The van der Waals surface area contributed by atoms with E-state index in [2.05, 4.69) is 22.6 Å². The lowest BCUT2D eigenvalue weighted by atomic mass is 10.1. The highest BCUT2D eigenvalue weighted by molar-refractivity contribution is 14.1. The first-order valence-corrected chi connectivity index (χ1v) is 9.54. The number of carboxylic acids is 1. The van der Waals surface area contributed by atoms with Crippen molar-refractivity contribution in [1.82, 2.24) is 4.90 Å². The van der Waals surface area contributed by atoms with Gasteiger partial charge < -0.3 is 10.0 Å². The molecule has 2 rings (SSSR count). The maximum Gasteiger partial charge on any atom is 0.324 e. The van der Waals surface area contributed by atoms with Crippen LogP contribution in [0.25, 0.3) is 0 Å². The first-order chi connectivity index (χ1) is 10.1. The Labute approximate surface area is 142 Å². The largest absolute Gasteiger partial charge is 0.480 e. The Kier molecular flexibility index (Phi) is 4.54. The van der Waals surface area contributed by atoms with Crippen LogP contribution in [-0.2, 0) is 21.2 Å². The van der Waals surface area contributed by atoms with Crippen molar-refractivity contribution in [2.45, 2.75) is 24.6 Å². The summed E-state index contributed by atoms with van der Waals surface area (Å²) in [5, 5.41) is 9.23. The van der Waals surface area contributed by atoms with Crippen molar-refractivity contribution in [2.75, 3.05) is 12.8 Å². The van der Waals surface area contributed by atoms with E-state index in [4.69, 9.17) is 0 Å². The maximum absolute atomic E-state index is 12.3. The molecule has 6 nitrogen and oxygen atoms in total. The Balaban J connectivity index is 2.17. The number of benzene rings is 1. The zero-order chi connectivity index (χ0) is 16.7. The van der Waals surface area contributed by atoms with Crippen molar-refractivity contribution in [3.05, 3.63) is 32.9 Å². The molecule has 1 heterocycles. The number of rotatable bonds is 5. The number of carbonyl (C=O) groups is 2. The molecule has 0 saturated carbocycles. The predicted octanol–water partition coefficient (Wildman–Crippen LogP) is 1.53. The van der Waals surface area contributed by atoms with Gasteiger partial charge in [0.1, 0.15) is 0 Å². The molecule has 1 amide bonds. The van der Waals surface area contributed by atoms with E-state index in [-0.39, 0.29) is 18.9 Å². The van der Waals surface area contributed by atoms with E-state index in [0.29, 0.717) is 12.1 Å². The SMILES string of the molecule is CC(CCN1Cc2cc(I)ccc2C1=O)(C(=O)O)S(C)(=O)=O. The second-order valence-corrected chi connectivity index (χ2v) is 9.28. The van der Waals surface area contributed by atoms with Gasteiger partial charge >= 0.3 is 5.97 Å². The topological polar surface area (TPSA) is 91.8 Å². The third-order valence-electron chi connectivity index (χ3n) is 4.08. The molecule has 0 aromatic heterocycles. The van der Waals surface area contributed by atoms with Crippen LogP contribution in [0.2, 0.25) is 0 Å². The number of carbonyl (C=O) groups excluding carboxylic acids is 1. The Morgan fingerprint density at radius 1 is 1.45 bits per heavy atom. The molecule has 22 heavy (non-hydrogen) atoms. The lowest BCUT2D eigenvalue weighted by Crippen LogP contribution is -2.45. The second-order valence-electron chi connectivity index (χ2n) is 5.59.